The minimum atomic E-state index is 0. The second kappa shape index (κ2) is 19.0. The van der Waals surface area contributed by atoms with Gasteiger partial charge in [0.25, 0.3) is 0 Å². The number of halogens is 2. The van der Waals surface area contributed by atoms with E-state index < -0.39 is 0 Å². The van der Waals surface area contributed by atoms with Crippen molar-refractivity contribution in [1.29, 1.82) is 0 Å². The molecule has 0 aliphatic carbocycles. The van der Waals surface area contributed by atoms with E-state index in [9.17, 15) is 0 Å². The van der Waals surface area contributed by atoms with Crippen molar-refractivity contribution >= 4 is 24.8 Å². The number of hydrogen-bond donors (Lipinski definition) is 0. The SMILES string of the molecule is CCCN(CCC)CC(CN(CCC)CCC)OCc1ccccc1.Cl.Cl. The summed E-state index contributed by atoms with van der Waals surface area (Å²) in [4.78, 5) is 5.15. The molecule has 1 rings (SSSR count). The largest absolute Gasteiger partial charge is 0.371 e. The molecule has 1 aromatic rings. The van der Waals surface area contributed by atoms with Gasteiger partial charge in [-0.1, -0.05) is 58.0 Å². The van der Waals surface area contributed by atoms with E-state index in [2.05, 4.69) is 67.8 Å². The molecule has 0 aliphatic heterocycles. The molecule has 160 valence electrons. The van der Waals surface area contributed by atoms with E-state index >= 15 is 0 Å². The molecule has 27 heavy (non-hydrogen) atoms. The molecule has 0 unspecified atom stereocenters. The Labute approximate surface area is 180 Å². The zero-order valence-corrected chi connectivity index (χ0v) is 19.5. The Bertz CT molecular complexity index is 390. The fraction of sp³-hybridized carbons (Fsp3) is 0.727. The van der Waals surface area contributed by atoms with E-state index in [1.54, 1.807) is 0 Å². The predicted molar refractivity (Wildman–Crippen MR) is 124 cm³/mol. The van der Waals surface area contributed by atoms with Crippen LogP contribution in [0.5, 0.6) is 0 Å². The monoisotopic (exact) mass is 420 g/mol. The third-order valence-corrected chi connectivity index (χ3v) is 4.41. The number of ether oxygens (including phenoxy) is 1. The second-order valence-corrected chi connectivity index (χ2v) is 7.02. The van der Waals surface area contributed by atoms with Crippen LogP contribution in [-0.2, 0) is 11.3 Å². The first-order valence-electron chi connectivity index (χ1n) is 10.3. The van der Waals surface area contributed by atoms with E-state index in [1.165, 1.54) is 57.4 Å². The van der Waals surface area contributed by atoms with Crippen molar-refractivity contribution in [2.45, 2.75) is 66.1 Å². The average molecular weight is 421 g/mol. The van der Waals surface area contributed by atoms with Gasteiger partial charge in [0, 0.05) is 13.1 Å². The highest BCUT2D eigenvalue weighted by Crippen LogP contribution is 2.09. The van der Waals surface area contributed by atoms with Gasteiger partial charge in [-0.3, -0.25) is 0 Å². The highest BCUT2D eigenvalue weighted by atomic mass is 35.5. The van der Waals surface area contributed by atoms with E-state index in [1.807, 2.05) is 0 Å². The smallest absolute Gasteiger partial charge is 0.0833 e. The number of hydrogen-bond acceptors (Lipinski definition) is 3. The van der Waals surface area contributed by atoms with Crippen LogP contribution in [0.4, 0.5) is 0 Å². The molecule has 0 saturated heterocycles. The normalized spacial score (nSPS) is 10.9. The summed E-state index contributed by atoms with van der Waals surface area (Å²) in [6.45, 7) is 16.5. The van der Waals surface area contributed by atoms with Crippen LogP contribution in [0.15, 0.2) is 30.3 Å². The maximum atomic E-state index is 6.39. The fourth-order valence-electron chi connectivity index (χ4n) is 3.38. The minimum absolute atomic E-state index is 0. The van der Waals surface area contributed by atoms with Crippen molar-refractivity contribution in [2.24, 2.45) is 0 Å². The lowest BCUT2D eigenvalue weighted by Gasteiger charge is -2.31. The molecule has 0 aliphatic rings. The van der Waals surface area contributed by atoms with Crippen molar-refractivity contribution in [1.82, 2.24) is 9.80 Å². The average Bonchev–Trinajstić information content (AvgIpc) is 2.61. The first-order chi connectivity index (χ1) is 12.2. The van der Waals surface area contributed by atoms with Gasteiger partial charge >= 0.3 is 0 Å². The van der Waals surface area contributed by atoms with Crippen molar-refractivity contribution in [3.8, 4) is 0 Å². The van der Waals surface area contributed by atoms with Gasteiger partial charge in [0.05, 0.1) is 12.7 Å². The van der Waals surface area contributed by atoms with Gasteiger partial charge in [-0.15, -0.1) is 24.8 Å². The van der Waals surface area contributed by atoms with Gasteiger partial charge < -0.3 is 14.5 Å². The van der Waals surface area contributed by atoms with Crippen molar-refractivity contribution in [3.63, 3.8) is 0 Å². The van der Waals surface area contributed by atoms with Crippen LogP contribution in [0, 0.1) is 0 Å². The van der Waals surface area contributed by atoms with Gasteiger partial charge in [0.2, 0.25) is 0 Å². The van der Waals surface area contributed by atoms with Crippen molar-refractivity contribution in [2.75, 3.05) is 39.3 Å². The maximum Gasteiger partial charge on any atom is 0.0833 e. The number of benzene rings is 1. The molecule has 0 saturated carbocycles. The standard InChI is InChI=1S/C22H40N2O.2ClH/c1-5-14-23(15-6-2)18-22(19-24(16-7-3)17-8-4)25-20-21-12-10-9-11-13-21;;/h9-13,22H,5-8,14-20H2,1-4H3;2*1H. The second-order valence-electron chi connectivity index (χ2n) is 7.02. The molecule has 3 nitrogen and oxygen atoms in total. The van der Waals surface area contributed by atoms with Crippen LogP contribution in [-0.4, -0.2) is 55.2 Å². The lowest BCUT2D eigenvalue weighted by molar-refractivity contribution is -0.00625. The molecule has 0 amide bonds. The highest BCUT2D eigenvalue weighted by Gasteiger charge is 2.17. The summed E-state index contributed by atoms with van der Waals surface area (Å²) in [5.41, 5.74) is 1.27. The zero-order valence-electron chi connectivity index (χ0n) is 17.9. The van der Waals surface area contributed by atoms with E-state index in [4.69, 9.17) is 4.74 Å². The van der Waals surface area contributed by atoms with Gasteiger partial charge in [0.1, 0.15) is 0 Å². The molecule has 0 N–H and O–H groups in total. The predicted octanol–water partition coefficient (Wildman–Crippen LogP) is 5.66. The van der Waals surface area contributed by atoms with Crippen LogP contribution < -0.4 is 0 Å². The Morgan fingerprint density at radius 3 is 1.48 bits per heavy atom. The molecule has 0 heterocycles. The Balaban J connectivity index is 0. The molecule has 0 radical (unpaired) electrons. The van der Waals surface area contributed by atoms with Crippen LogP contribution in [0.25, 0.3) is 0 Å². The molecule has 0 spiro atoms. The summed E-state index contributed by atoms with van der Waals surface area (Å²) >= 11 is 0. The lowest BCUT2D eigenvalue weighted by atomic mass is 10.2. The molecule has 0 fully saturated rings. The third kappa shape index (κ3) is 13.5. The molecular weight excluding hydrogens is 379 g/mol. The first-order valence-corrected chi connectivity index (χ1v) is 10.3. The summed E-state index contributed by atoms with van der Waals surface area (Å²) in [6.07, 6.45) is 5.10. The first kappa shape index (κ1) is 28.9. The van der Waals surface area contributed by atoms with Gasteiger partial charge in [-0.2, -0.15) is 0 Å². The molecule has 0 atom stereocenters. The summed E-state index contributed by atoms with van der Waals surface area (Å²) in [7, 11) is 0. The molecule has 5 heteroatoms. The quantitative estimate of drug-likeness (QED) is 0.363. The van der Waals surface area contributed by atoms with Crippen molar-refractivity contribution < 1.29 is 4.74 Å². The highest BCUT2D eigenvalue weighted by molar-refractivity contribution is 5.85. The summed E-state index contributed by atoms with van der Waals surface area (Å²) in [6, 6.07) is 10.6. The van der Waals surface area contributed by atoms with E-state index in [0.717, 1.165) is 13.1 Å². The summed E-state index contributed by atoms with van der Waals surface area (Å²) in [5, 5.41) is 0. The molecule has 0 bridgehead atoms. The topological polar surface area (TPSA) is 15.7 Å². The van der Waals surface area contributed by atoms with Crippen LogP contribution in [0.1, 0.15) is 58.9 Å². The lowest BCUT2D eigenvalue weighted by Crippen LogP contribution is -2.42. The van der Waals surface area contributed by atoms with Gasteiger partial charge in [-0.25, -0.2) is 0 Å². The van der Waals surface area contributed by atoms with Crippen LogP contribution in [0.3, 0.4) is 0 Å². The summed E-state index contributed by atoms with van der Waals surface area (Å²) < 4.78 is 6.39. The van der Waals surface area contributed by atoms with Crippen LogP contribution >= 0.6 is 24.8 Å². The number of nitrogens with zero attached hydrogens (tertiary/aromatic N) is 2. The summed E-state index contributed by atoms with van der Waals surface area (Å²) in [5.74, 6) is 0. The van der Waals surface area contributed by atoms with E-state index in [0.29, 0.717) is 6.61 Å². The van der Waals surface area contributed by atoms with E-state index in [-0.39, 0.29) is 30.9 Å². The molecule has 0 aromatic heterocycles. The van der Waals surface area contributed by atoms with Gasteiger partial charge in [-0.05, 0) is 57.4 Å². The van der Waals surface area contributed by atoms with Gasteiger partial charge in [0.15, 0.2) is 0 Å². The molecule has 1 aromatic carbocycles. The Morgan fingerprint density at radius 1 is 0.704 bits per heavy atom. The Morgan fingerprint density at radius 2 is 1.11 bits per heavy atom. The maximum absolute atomic E-state index is 6.39. The van der Waals surface area contributed by atoms with Crippen molar-refractivity contribution in [3.05, 3.63) is 35.9 Å². The Kier molecular flexibility index (Phi) is 20.3. The zero-order chi connectivity index (χ0) is 18.3. The Hall–Kier alpha value is -0.320. The minimum Gasteiger partial charge on any atom is -0.371 e. The molecular formula is C22H42Cl2N2O. The van der Waals surface area contributed by atoms with Crippen LogP contribution in [0.2, 0.25) is 0 Å². The number of rotatable bonds is 15. The third-order valence-electron chi connectivity index (χ3n) is 4.41. The fourth-order valence-corrected chi connectivity index (χ4v) is 3.38.